The van der Waals surface area contributed by atoms with Crippen LogP contribution in [0.25, 0.3) is 0 Å². The molecule has 2 N–H and O–H groups in total. The van der Waals surface area contributed by atoms with Crippen LogP contribution in [-0.2, 0) is 9.59 Å². The van der Waals surface area contributed by atoms with E-state index in [4.69, 9.17) is 0 Å². The maximum atomic E-state index is 13.1. The number of hydrogen-bond donors (Lipinski definition) is 2. The van der Waals surface area contributed by atoms with E-state index in [1.807, 2.05) is 18.9 Å². The highest BCUT2D eigenvalue weighted by atomic mass is 16.3. The van der Waals surface area contributed by atoms with E-state index in [-0.39, 0.29) is 34.7 Å². The molecule has 5 unspecified atom stereocenters. The Hall–Kier alpha value is -1.04. The Labute approximate surface area is 174 Å². The summed E-state index contributed by atoms with van der Waals surface area (Å²) in [4.78, 5) is 28.2. The van der Waals surface area contributed by atoms with E-state index < -0.39 is 17.1 Å². The van der Waals surface area contributed by atoms with E-state index in [1.165, 1.54) is 0 Å². The second kappa shape index (κ2) is 7.00. The van der Waals surface area contributed by atoms with Gasteiger partial charge < -0.3 is 10.2 Å². The van der Waals surface area contributed by atoms with Gasteiger partial charge in [0.25, 0.3) is 0 Å². The van der Waals surface area contributed by atoms with Crippen LogP contribution in [0.2, 0.25) is 0 Å². The molecule has 4 aliphatic rings. The molecule has 0 saturated heterocycles. The van der Waals surface area contributed by atoms with E-state index in [2.05, 4.69) is 13.8 Å². The van der Waals surface area contributed by atoms with Gasteiger partial charge in [0.1, 0.15) is 0 Å². The van der Waals surface area contributed by atoms with Crippen molar-refractivity contribution in [2.24, 2.45) is 28.6 Å². The number of rotatable bonds is 4. The zero-order chi connectivity index (χ0) is 21.2. The molecule has 0 heterocycles. The number of nitrogens with zero attached hydrogens (tertiary/aromatic N) is 1. The molecule has 5 nitrogen and oxygen atoms in total. The Balaban J connectivity index is 1.69. The van der Waals surface area contributed by atoms with E-state index in [0.717, 1.165) is 37.8 Å². The van der Waals surface area contributed by atoms with E-state index in [0.29, 0.717) is 25.8 Å². The van der Waals surface area contributed by atoms with Crippen LogP contribution in [0.1, 0.15) is 65.7 Å². The summed E-state index contributed by atoms with van der Waals surface area (Å²) in [6.45, 7) is 7.56. The lowest BCUT2D eigenvalue weighted by Crippen LogP contribution is -2.59. The number of fused-ring (bicyclic) bond motifs is 5. The third-order valence-electron chi connectivity index (χ3n) is 9.43. The van der Waals surface area contributed by atoms with Crippen LogP contribution >= 0.6 is 0 Å². The molecule has 162 valence electrons. The van der Waals surface area contributed by atoms with Crippen LogP contribution in [0.5, 0.6) is 0 Å². The molecule has 4 aliphatic carbocycles. The maximum absolute atomic E-state index is 13.1. The fraction of sp³-hybridized carbons (Fsp3) is 0.833. The number of aliphatic hydroxyl groups is 2. The monoisotopic (exact) mass is 403 g/mol. The second-order valence-electron chi connectivity index (χ2n) is 10.7. The molecule has 0 radical (unpaired) electrons. The van der Waals surface area contributed by atoms with Gasteiger partial charge >= 0.3 is 0 Å². The Morgan fingerprint density at radius 2 is 1.90 bits per heavy atom. The molecule has 5 heteroatoms. The first kappa shape index (κ1) is 21.2. The lowest BCUT2D eigenvalue weighted by Gasteiger charge is -2.59. The van der Waals surface area contributed by atoms with Crippen molar-refractivity contribution in [1.29, 1.82) is 0 Å². The quantitative estimate of drug-likeness (QED) is 0.755. The zero-order valence-electron chi connectivity index (χ0n) is 18.4. The van der Waals surface area contributed by atoms with Crippen LogP contribution in [0.4, 0.5) is 0 Å². The topological polar surface area (TPSA) is 77.8 Å². The Kier molecular flexibility index (Phi) is 5.12. The summed E-state index contributed by atoms with van der Waals surface area (Å²) in [6, 6.07) is 0. The second-order valence-corrected chi connectivity index (χ2v) is 10.7. The predicted octanol–water partition coefficient (Wildman–Crippen LogP) is 2.74. The molecule has 3 saturated carbocycles. The highest BCUT2D eigenvalue weighted by Gasteiger charge is 2.66. The average Bonchev–Trinajstić information content (AvgIpc) is 2.95. The Bertz CT molecular complexity index is 747. The van der Waals surface area contributed by atoms with Crippen molar-refractivity contribution in [1.82, 2.24) is 4.90 Å². The van der Waals surface area contributed by atoms with E-state index in [9.17, 15) is 19.8 Å². The van der Waals surface area contributed by atoms with Crippen molar-refractivity contribution in [3.05, 3.63) is 11.6 Å². The highest BCUT2D eigenvalue weighted by Crippen LogP contribution is 2.67. The summed E-state index contributed by atoms with van der Waals surface area (Å²) in [5, 5.41) is 22.2. The molecule has 4 rings (SSSR count). The third kappa shape index (κ3) is 2.91. The molecule has 0 aromatic carbocycles. The first-order valence-electron chi connectivity index (χ1n) is 11.4. The standard InChI is InChI=1S/C24H37NO4/c1-5-25(4)14-21(28)17-8-11-24(29)18-13-20(27)19-12-15(26)6-9-22(19,2)16(18)7-10-23(17,24)3/h13,15-17,19,26,29H,5-12,14H2,1-4H3/t15?,16?,17-,19?,22?,23?,24-/m1/s1. The average molecular weight is 404 g/mol. The normalized spacial score (nSPS) is 46.7. The molecule has 7 atom stereocenters. The number of carbonyl (C=O) groups excluding carboxylic acids is 2. The van der Waals surface area contributed by atoms with Gasteiger partial charge in [0.2, 0.25) is 0 Å². The summed E-state index contributed by atoms with van der Waals surface area (Å²) < 4.78 is 0. The minimum absolute atomic E-state index is 0.0654. The lowest BCUT2D eigenvalue weighted by atomic mass is 9.46. The number of hydrogen-bond acceptors (Lipinski definition) is 5. The molecule has 0 spiro atoms. The van der Waals surface area contributed by atoms with Crippen LogP contribution in [0.3, 0.4) is 0 Å². The summed E-state index contributed by atoms with van der Waals surface area (Å²) >= 11 is 0. The van der Waals surface area contributed by atoms with Gasteiger partial charge in [0.05, 0.1) is 18.2 Å². The number of aliphatic hydroxyl groups excluding tert-OH is 1. The molecule has 0 amide bonds. The van der Waals surface area contributed by atoms with Gasteiger partial charge in [-0.2, -0.15) is 0 Å². The largest absolute Gasteiger partial charge is 0.393 e. The molecular weight excluding hydrogens is 366 g/mol. The molecule has 0 aromatic rings. The molecular formula is C24H37NO4. The van der Waals surface area contributed by atoms with Crippen molar-refractivity contribution in [2.45, 2.75) is 77.4 Å². The van der Waals surface area contributed by atoms with Crippen LogP contribution in [-0.4, -0.2) is 58.5 Å². The zero-order valence-corrected chi connectivity index (χ0v) is 18.4. The maximum Gasteiger partial charge on any atom is 0.159 e. The molecule has 29 heavy (non-hydrogen) atoms. The minimum Gasteiger partial charge on any atom is -0.393 e. The highest BCUT2D eigenvalue weighted by molar-refractivity contribution is 5.95. The van der Waals surface area contributed by atoms with Gasteiger partial charge in [-0.05, 0) is 81.5 Å². The van der Waals surface area contributed by atoms with Gasteiger partial charge in [-0.3, -0.25) is 14.5 Å². The third-order valence-corrected chi connectivity index (χ3v) is 9.43. The molecule has 0 bridgehead atoms. The van der Waals surface area contributed by atoms with Crippen molar-refractivity contribution < 1.29 is 19.8 Å². The van der Waals surface area contributed by atoms with E-state index in [1.54, 1.807) is 6.08 Å². The van der Waals surface area contributed by atoms with Gasteiger partial charge in [-0.1, -0.05) is 20.8 Å². The first-order valence-corrected chi connectivity index (χ1v) is 11.4. The number of likely N-dealkylation sites (N-methyl/N-ethyl adjacent to an activating group) is 1. The van der Waals surface area contributed by atoms with Crippen LogP contribution < -0.4 is 0 Å². The van der Waals surface area contributed by atoms with Gasteiger partial charge in [-0.15, -0.1) is 0 Å². The number of ketones is 2. The Morgan fingerprint density at radius 1 is 1.17 bits per heavy atom. The van der Waals surface area contributed by atoms with Gasteiger partial charge in [0, 0.05) is 17.3 Å². The summed E-state index contributed by atoms with van der Waals surface area (Å²) in [5.74, 6) is 0.152. The first-order chi connectivity index (χ1) is 13.6. The fourth-order valence-electron chi connectivity index (χ4n) is 7.32. The van der Waals surface area contributed by atoms with Crippen molar-refractivity contribution in [3.8, 4) is 0 Å². The van der Waals surface area contributed by atoms with Crippen molar-refractivity contribution >= 4 is 11.6 Å². The van der Waals surface area contributed by atoms with Crippen LogP contribution in [0.15, 0.2) is 11.6 Å². The fourth-order valence-corrected chi connectivity index (χ4v) is 7.32. The summed E-state index contributed by atoms with van der Waals surface area (Å²) in [6.07, 6.45) is 6.40. The Morgan fingerprint density at radius 3 is 2.59 bits per heavy atom. The van der Waals surface area contributed by atoms with Crippen LogP contribution in [0, 0.1) is 28.6 Å². The number of carbonyl (C=O) groups is 2. The molecule has 0 aromatic heterocycles. The number of allylic oxidation sites excluding steroid dienone is 1. The molecule has 3 fully saturated rings. The minimum atomic E-state index is -1.07. The van der Waals surface area contributed by atoms with Gasteiger partial charge in [-0.25, -0.2) is 0 Å². The number of Topliss-reactive ketones (excluding diaryl/α,β-unsaturated/α-hetero) is 1. The predicted molar refractivity (Wildman–Crippen MR) is 111 cm³/mol. The van der Waals surface area contributed by atoms with Crippen molar-refractivity contribution in [3.63, 3.8) is 0 Å². The molecule has 0 aliphatic heterocycles. The van der Waals surface area contributed by atoms with Gasteiger partial charge in [0.15, 0.2) is 11.6 Å². The van der Waals surface area contributed by atoms with E-state index >= 15 is 0 Å². The summed E-state index contributed by atoms with van der Waals surface area (Å²) in [5.41, 5.74) is -0.869. The van der Waals surface area contributed by atoms with Crippen molar-refractivity contribution in [2.75, 3.05) is 20.1 Å². The SMILES string of the molecule is CCN(C)CC(=O)[C@H]1CC[C@@]2(O)C3=CC(=O)C4CC(O)CCC4(C)C3CCC12C. The summed E-state index contributed by atoms with van der Waals surface area (Å²) in [7, 11) is 1.96. The smallest absolute Gasteiger partial charge is 0.159 e. The lowest BCUT2D eigenvalue weighted by molar-refractivity contribution is -0.144.